The summed E-state index contributed by atoms with van der Waals surface area (Å²) < 4.78 is 12.7. The highest BCUT2D eigenvalue weighted by Crippen LogP contribution is 2.34. The first kappa shape index (κ1) is 15.7. The number of ether oxygens (including phenoxy) is 2. The Balaban J connectivity index is 1.72. The van der Waals surface area contributed by atoms with Crippen LogP contribution in [0.5, 0.6) is 0 Å². The molecular weight excluding hydrogens is 300 g/mol. The molecule has 0 spiro atoms. The molecule has 2 aromatic rings. The van der Waals surface area contributed by atoms with E-state index < -0.39 is 12.2 Å². The largest absolute Gasteiger partial charge is 0.463 e. The highest BCUT2D eigenvalue weighted by molar-refractivity contribution is 5.71. The summed E-state index contributed by atoms with van der Waals surface area (Å²) >= 11 is 0. The Kier molecular flexibility index (Phi) is 4.18. The predicted molar refractivity (Wildman–Crippen MR) is 81.4 cm³/mol. The molecule has 2 unspecified atom stereocenters. The van der Waals surface area contributed by atoms with Crippen LogP contribution in [0.1, 0.15) is 32.1 Å². The normalized spacial score (nSPS) is 24.4. The van der Waals surface area contributed by atoms with Gasteiger partial charge in [-0.25, -0.2) is 9.50 Å². The number of fused-ring (bicyclic) bond motifs is 1. The molecule has 0 amide bonds. The van der Waals surface area contributed by atoms with Crippen molar-refractivity contribution in [2.75, 3.05) is 12.3 Å². The average Bonchev–Trinajstić information content (AvgIpc) is 3.09. The molecule has 3 rings (SSSR count). The summed E-state index contributed by atoms with van der Waals surface area (Å²) in [6, 6.07) is 3.66. The molecule has 124 valence electrons. The first-order chi connectivity index (χ1) is 11.0. The lowest BCUT2D eigenvalue weighted by Gasteiger charge is -2.16. The number of hydrogen-bond acceptors (Lipinski definition) is 7. The fraction of sp³-hybridized carbons (Fsp3) is 0.533. The molecule has 3 heterocycles. The van der Waals surface area contributed by atoms with Gasteiger partial charge < -0.3 is 20.3 Å². The average molecular weight is 320 g/mol. The Morgan fingerprint density at radius 2 is 2.35 bits per heavy atom. The Morgan fingerprint density at radius 1 is 1.57 bits per heavy atom. The van der Waals surface area contributed by atoms with E-state index in [-0.39, 0.29) is 24.6 Å². The smallest absolute Gasteiger partial charge is 0.308 e. The van der Waals surface area contributed by atoms with Crippen molar-refractivity contribution in [2.24, 2.45) is 5.92 Å². The SMILES string of the molecule is CC(C)C(=O)OCC1OC(c2ccc3c(N)ncnn23)C[C@@H]1O. The van der Waals surface area contributed by atoms with Gasteiger partial charge >= 0.3 is 5.97 Å². The molecule has 0 aromatic carbocycles. The van der Waals surface area contributed by atoms with E-state index in [1.54, 1.807) is 18.4 Å². The van der Waals surface area contributed by atoms with E-state index in [0.29, 0.717) is 17.8 Å². The van der Waals surface area contributed by atoms with Gasteiger partial charge in [-0.1, -0.05) is 13.8 Å². The van der Waals surface area contributed by atoms with Gasteiger partial charge in [-0.05, 0) is 12.1 Å². The van der Waals surface area contributed by atoms with Crippen LogP contribution in [0.25, 0.3) is 5.52 Å². The minimum atomic E-state index is -0.704. The Morgan fingerprint density at radius 3 is 3.09 bits per heavy atom. The van der Waals surface area contributed by atoms with Crippen molar-refractivity contribution in [3.63, 3.8) is 0 Å². The lowest BCUT2D eigenvalue weighted by atomic mass is 10.1. The molecule has 0 radical (unpaired) electrons. The van der Waals surface area contributed by atoms with Crippen LogP contribution in [0, 0.1) is 5.92 Å². The number of carbonyl (C=O) groups excluding carboxylic acids is 1. The first-order valence-electron chi connectivity index (χ1n) is 7.55. The third-order valence-corrected chi connectivity index (χ3v) is 3.93. The van der Waals surface area contributed by atoms with Crippen molar-refractivity contribution in [1.29, 1.82) is 0 Å². The second-order valence-electron chi connectivity index (χ2n) is 5.95. The zero-order chi connectivity index (χ0) is 16.6. The molecule has 1 aliphatic heterocycles. The summed E-state index contributed by atoms with van der Waals surface area (Å²) in [5, 5.41) is 14.3. The highest BCUT2D eigenvalue weighted by atomic mass is 16.6. The zero-order valence-electron chi connectivity index (χ0n) is 13.0. The molecule has 3 N–H and O–H groups in total. The van der Waals surface area contributed by atoms with E-state index in [2.05, 4.69) is 10.1 Å². The molecule has 2 aromatic heterocycles. The summed E-state index contributed by atoms with van der Waals surface area (Å²) in [5.41, 5.74) is 7.29. The highest BCUT2D eigenvalue weighted by Gasteiger charge is 2.37. The maximum atomic E-state index is 11.5. The second-order valence-corrected chi connectivity index (χ2v) is 5.95. The van der Waals surface area contributed by atoms with Gasteiger partial charge in [0.25, 0.3) is 0 Å². The fourth-order valence-electron chi connectivity index (χ4n) is 2.62. The number of aliphatic hydroxyl groups is 1. The molecule has 1 saturated heterocycles. The van der Waals surface area contributed by atoms with E-state index in [1.165, 1.54) is 6.33 Å². The monoisotopic (exact) mass is 320 g/mol. The van der Waals surface area contributed by atoms with Gasteiger partial charge in [-0.15, -0.1) is 0 Å². The number of nitrogens with two attached hydrogens (primary N) is 1. The van der Waals surface area contributed by atoms with E-state index in [9.17, 15) is 9.90 Å². The molecule has 0 bridgehead atoms. The van der Waals surface area contributed by atoms with E-state index in [1.807, 2.05) is 12.1 Å². The number of rotatable bonds is 4. The lowest BCUT2D eigenvalue weighted by molar-refractivity contribution is -0.152. The van der Waals surface area contributed by atoms with Crippen LogP contribution in [0.2, 0.25) is 0 Å². The van der Waals surface area contributed by atoms with Crippen molar-refractivity contribution in [1.82, 2.24) is 14.6 Å². The Hall–Kier alpha value is -2.19. The number of nitrogens with zero attached hydrogens (tertiary/aromatic N) is 3. The Bertz CT molecular complexity index is 715. The number of aromatic nitrogens is 3. The first-order valence-corrected chi connectivity index (χ1v) is 7.55. The molecule has 1 aliphatic rings. The molecule has 8 heteroatoms. The summed E-state index contributed by atoms with van der Waals surface area (Å²) in [5.74, 6) is -0.135. The third-order valence-electron chi connectivity index (χ3n) is 3.93. The van der Waals surface area contributed by atoms with Crippen LogP contribution in [-0.2, 0) is 14.3 Å². The van der Waals surface area contributed by atoms with Gasteiger partial charge in [0.15, 0.2) is 5.82 Å². The van der Waals surface area contributed by atoms with Gasteiger partial charge in [0.1, 0.15) is 30.7 Å². The third kappa shape index (κ3) is 2.99. The van der Waals surface area contributed by atoms with Crippen molar-refractivity contribution in [3.8, 4) is 0 Å². The lowest BCUT2D eigenvalue weighted by Crippen LogP contribution is -2.28. The van der Waals surface area contributed by atoms with Gasteiger partial charge in [0.05, 0.1) is 17.7 Å². The van der Waals surface area contributed by atoms with Gasteiger partial charge in [-0.2, -0.15) is 5.10 Å². The van der Waals surface area contributed by atoms with Crippen LogP contribution >= 0.6 is 0 Å². The minimum Gasteiger partial charge on any atom is -0.463 e. The molecular formula is C15H20N4O4. The molecule has 1 fully saturated rings. The molecule has 0 aliphatic carbocycles. The van der Waals surface area contributed by atoms with Crippen molar-refractivity contribution in [3.05, 3.63) is 24.2 Å². The van der Waals surface area contributed by atoms with E-state index in [0.717, 1.165) is 5.69 Å². The van der Waals surface area contributed by atoms with Crippen LogP contribution in [-0.4, -0.2) is 44.5 Å². The second kappa shape index (κ2) is 6.13. The van der Waals surface area contributed by atoms with E-state index >= 15 is 0 Å². The van der Waals surface area contributed by atoms with Crippen molar-refractivity contribution < 1.29 is 19.4 Å². The zero-order valence-corrected chi connectivity index (χ0v) is 13.0. The Labute approximate surface area is 133 Å². The summed E-state index contributed by atoms with van der Waals surface area (Å²) in [6.07, 6.45) is 0.181. The van der Waals surface area contributed by atoms with Crippen LogP contribution < -0.4 is 5.73 Å². The maximum absolute atomic E-state index is 11.5. The molecule has 3 atom stereocenters. The summed E-state index contributed by atoms with van der Waals surface area (Å²) in [4.78, 5) is 15.5. The van der Waals surface area contributed by atoms with Gasteiger partial charge in [0, 0.05) is 6.42 Å². The van der Waals surface area contributed by atoms with Crippen molar-refractivity contribution >= 4 is 17.3 Å². The van der Waals surface area contributed by atoms with Crippen LogP contribution in [0.4, 0.5) is 5.82 Å². The van der Waals surface area contributed by atoms with Crippen molar-refractivity contribution in [2.45, 2.75) is 38.6 Å². The predicted octanol–water partition coefficient (Wildman–Crippen LogP) is 0.702. The maximum Gasteiger partial charge on any atom is 0.308 e. The van der Waals surface area contributed by atoms with Crippen LogP contribution in [0.3, 0.4) is 0 Å². The van der Waals surface area contributed by atoms with Gasteiger partial charge in [0.2, 0.25) is 0 Å². The molecule has 8 nitrogen and oxygen atoms in total. The number of aliphatic hydroxyl groups excluding tert-OH is 1. The number of nitrogen functional groups attached to an aromatic ring is 1. The fourth-order valence-corrected chi connectivity index (χ4v) is 2.62. The number of carbonyl (C=O) groups is 1. The number of esters is 1. The van der Waals surface area contributed by atoms with Crippen LogP contribution in [0.15, 0.2) is 18.5 Å². The minimum absolute atomic E-state index is 0.0368. The topological polar surface area (TPSA) is 112 Å². The standard InChI is InChI=1S/C15H20N4O4/c1-8(2)15(21)22-6-13-11(20)5-12(23-13)9-3-4-10-14(16)17-7-18-19(9)10/h3-4,7-8,11-13,20H,5-6H2,1-2H3,(H2,16,17,18)/t11-,12?,13?/m0/s1. The molecule has 23 heavy (non-hydrogen) atoms. The summed E-state index contributed by atoms with van der Waals surface area (Å²) in [7, 11) is 0. The van der Waals surface area contributed by atoms with Gasteiger partial charge in [-0.3, -0.25) is 4.79 Å². The molecule has 0 saturated carbocycles. The van der Waals surface area contributed by atoms with E-state index in [4.69, 9.17) is 15.2 Å². The number of hydrogen-bond donors (Lipinski definition) is 2. The summed E-state index contributed by atoms with van der Waals surface area (Å²) in [6.45, 7) is 3.55. The number of anilines is 1. The quantitative estimate of drug-likeness (QED) is 0.797.